The van der Waals surface area contributed by atoms with E-state index in [-0.39, 0.29) is 0 Å². The molecule has 0 aromatic heterocycles. The highest BCUT2D eigenvalue weighted by molar-refractivity contribution is 5.79. The molecule has 4 heteroatoms. The first-order valence-corrected chi connectivity index (χ1v) is 7.86. The lowest BCUT2D eigenvalue weighted by atomic mass is 9.97. The van der Waals surface area contributed by atoms with Crippen LogP contribution in [-0.2, 0) is 6.54 Å². The molecule has 116 valence electrons. The Morgan fingerprint density at radius 1 is 1.19 bits per heavy atom. The van der Waals surface area contributed by atoms with E-state index in [1.165, 1.54) is 37.1 Å². The zero-order chi connectivity index (χ0) is 15.1. The number of aliphatic imine (C=N–C) groups is 1. The SMILES string of the molecule is CN=C(NCc1ccc(C)cc1)NCC1CCN(C)CC1. The average Bonchev–Trinajstić information content (AvgIpc) is 2.51. The van der Waals surface area contributed by atoms with Gasteiger partial charge in [-0.2, -0.15) is 0 Å². The molecule has 2 N–H and O–H groups in total. The van der Waals surface area contributed by atoms with Gasteiger partial charge in [0.2, 0.25) is 0 Å². The highest BCUT2D eigenvalue weighted by atomic mass is 15.2. The van der Waals surface area contributed by atoms with Gasteiger partial charge in [-0.15, -0.1) is 0 Å². The van der Waals surface area contributed by atoms with Crippen molar-refractivity contribution in [1.82, 2.24) is 15.5 Å². The zero-order valence-electron chi connectivity index (χ0n) is 13.5. The predicted molar refractivity (Wildman–Crippen MR) is 89.6 cm³/mol. The molecule has 1 fully saturated rings. The van der Waals surface area contributed by atoms with Crippen molar-refractivity contribution in [3.63, 3.8) is 0 Å². The van der Waals surface area contributed by atoms with Crippen molar-refractivity contribution >= 4 is 5.96 Å². The van der Waals surface area contributed by atoms with Crippen molar-refractivity contribution in [2.24, 2.45) is 10.9 Å². The van der Waals surface area contributed by atoms with Crippen LogP contribution in [-0.4, -0.2) is 44.6 Å². The Hall–Kier alpha value is -1.55. The van der Waals surface area contributed by atoms with E-state index < -0.39 is 0 Å². The van der Waals surface area contributed by atoms with Gasteiger partial charge in [0, 0.05) is 20.1 Å². The summed E-state index contributed by atoms with van der Waals surface area (Å²) >= 11 is 0. The number of nitrogens with zero attached hydrogens (tertiary/aromatic N) is 2. The molecule has 0 bridgehead atoms. The summed E-state index contributed by atoms with van der Waals surface area (Å²) < 4.78 is 0. The molecule has 1 saturated heterocycles. The Balaban J connectivity index is 1.72. The first-order valence-electron chi connectivity index (χ1n) is 7.86. The van der Waals surface area contributed by atoms with Gasteiger partial charge < -0.3 is 15.5 Å². The lowest BCUT2D eigenvalue weighted by Gasteiger charge is -2.29. The number of rotatable bonds is 4. The molecule has 1 aliphatic heterocycles. The van der Waals surface area contributed by atoms with Crippen LogP contribution in [0, 0.1) is 12.8 Å². The maximum atomic E-state index is 4.30. The Kier molecular flexibility index (Phi) is 6.05. The second-order valence-corrected chi connectivity index (χ2v) is 6.04. The van der Waals surface area contributed by atoms with E-state index in [4.69, 9.17) is 0 Å². The van der Waals surface area contributed by atoms with Crippen LogP contribution in [0.1, 0.15) is 24.0 Å². The topological polar surface area (TPSA) is 39.7 Å². The van der Waals surface area contributed by atoms with Crippen molar-refractivity contribution in [1.29, 1.82) is 0 Å². The standard InChI is InChI=1S/C17H28N4/c1-14-4-6-15(7-5-14)12-19-17(18-2)20-13-16-8-10-21(3)11-9-16/h4-7,16H,8-13H2,1-3H3,(H2,18,19,20). The largest absolute Gasteiger partial charge is 0.356 e. The number of aryl methyl sites for hydroxylation is 1. The van der Waals surface area contributed by atoms with Gasteiger partial charge >= 0.3 is 0 Å². The van der Waals surface area contributed by atoms with Crippen molar-refractivity contribution in [3.8, 4) is 0 Å². The van der Waals surface area contributed by atoms with Gasteiger partial charge in [0.05, 0.1) is 0 Å². The first-order chi connectivity index (χ1) is 10.2. The number of hydrogen-bond acceptors (Lipinski definition) is 2. The highest BCUT2D eigenvalue weighted by Gasteiger charge is 2.16. The summed E-state index contributed by atoms with van der Waals surface area (Å²) in [4.78, 5) is 6.71. The van der Waals surface area contributed by atoms with E-state index >= 15 is 0 Å². The zero-order valence-corrected chi connectivity index (χ0v) is 13.5. The smallest absolute Gasteiger partial charge is 0.191 e. The van der Waals surface area contributed by atoms with Crippen LogP contribution < -0.4 is 10.6 Å². The van der Waals surface area contributed by atoms with Gasteiger partial charge in [-0.05, 0) is 51.4 Å². The van der Waals surface area contributed by atoms with Crippen molar-refractivity contribution in [3.05, 3.63) is 35.4 Å². The van der Waals surface area contributed by atoms with Gasteiger partial charge in [-0.3, -0.25) is 4.99 Å². The molecule has 0 unspecified atom stereocenters. The van der Waals surface area contributed by atoms with Gasteiger partial charge in [0.15, 0.2) is 5.96 Å². The molecule has 4 nitrogen and oxygen atoms in total. The number of hydrogen-bond donors (Lipinski definition) is 2. The quantitative estimate of drug-likeness (QED) is 0.657. The number of nitrogens with one attached hydrogen (secondary N) is 2. The fraction of sp³-hybridized carbons (Fsp3) is 0.588. The average molecular weight is 288 g/mol. The molecule has 0 atom stereocenters. The van der Waals surface area contributed by atoms with Crippen LogP contribution in [0.15, 0.2) is 29.3 Å². The van der Waals surface area contributed by atoms with Crippen molar-refractivity contribution < 1.29 is 0 Å². The number of likely N-dealkylation sites (tertiary alicyclic amines) is 1. The molecule has 0 amide bonds. The van der Waals surface area contributed by atoms with Crippen molar-refractivity contribution in [2.75, 3.05) is 33.7 Å². The lowest BCUT2D eigenvalue weighted by molar-refractivity contribution is 0.220. The summed E-state index contributed by atoms with van der Waals surface area (Å²) in [5.74, 6) is 1.66. The minimum absolute atomic E-state index is 0.763. The Labute approximate surface area is 128 Å². The van der Waals surface area contributed by atoms with Crippen LogP contribution in [0.3, 0.4) is 0 Å². The number of guanidine groups is 1. The van der Waals surface area contributed by atoms with E-state index in [0.717, 1.165) is 25.0 Å². The fourth-order valence-corrected chi connectivity index (χ4v) is 2.62. The summed E-state index contributed by atoms with van der Waals surface area (Å²) in [6, 6.07) is 8.61. The third kappa shape index (κ3) is 5.38. The highest BCUT2D eigenvalue weighted by Crippen LogP contribution is 2.14. The van der Waals surface area contributed by atoms with Crippen LogP contribution in [0.4, 0.5) is 0 Å². The van der Waals surface area contributed by atoms with E-state index in [0.29, 0.717) is 0 Å². The minimum atomic E-state index is 0.763. The molecule has 1 aromatic rings. The monoisotopic (exact) mass is 288 g/mol. The molecule has 0 spiro atoms. The van der Waals surface area contributed by atoms with Gasteiger partial charge in [0.1, 0.15) is 0 Å². The second-order valence-electron chi connectivity index (χ2n) is 6.04. The van der Waals surface area contributed by atoms with Gasteiger partial charge in [0.25, 0.3) is 0 Å². The van der Waals surface area contributed by atoms with E-state index in [2.05, 4.69) is 58.8 Å². The predicted octanol–water partition coefficient (Wildman–Crippen LogP) is 2.00. The molecule has 1 heterocycles. The normalized spacial score (nSPS) is 17.8. The molecule has 1 aliphatic rings. The molecule has 1 aromatic carbocycles. The molecule has 2 rings (SSSR count). The van der Waals surface area contributed by atoms with Crippen LogP contribution in [0.5, 0.6) is 0 Å². The van der Waals surface area contributed by atoms with Crippen LogP contribution in [0.25, 0.3) is 0 Å². The molecular formula is C17H28N4. The molecule has 0 aliphatic carbocycles. The Bertz CT molecular complexity index is 444. The fourth-order valence-electron chi connectivity index (χ4n) is 2.62. The second kappa shape index (κ2) is 8.03. The molecule has 21 heavy (non-hydrogen) atoms. The third-order valence-corrected chi connectivity index (χ3v) is 4.20. The van der Waals surface area contributed by atoms with Gasteiger partial charge in [-0.1, -0.05) is 29.8 Å². The Morgan fingerprint density at radius 2 is 1.86 bits per heavy atom. The van der Waals surface area contributed by atoms with Gasteiger partial charge in [-0.25, -0.2) is 0 Å². The number of benzene rings is 1. The first kappa shape index (κ1) is 15.8. The summed E-state index contributed by atoms with van der Waals surface area (Å²) in [6.07, 6.45) is 2.55. The minimum Gasteiger partial charge on any atom is -0.356 e. The van der Waals surface area contributed by atoms with Crippen LogP contribution in [0.2, 0.25) is 0 Å². The number of piperidine rings is 1. The summed E-state index contributed by atoms with van der Waals surface area (Å²) in [5, 5.41) is 6.84. The molecule has 0 saturated carbocycles. The summed E-state index contributed by atoms with van der Waals surface area (Å²) in [7, 11) is 4.03. The molecular weight excluding hydrogens is 260 g/mol. The third-order valence-electron chi connectivity index (χ3n) is 4.20. The maximum absolute atomic E-state index is 4.30. The van der Waals surface area contributed by atoms with E-state index in [9.17, 15) is 0 Å². The molecule has 0 radical (unpaired) electrons. The lowest BCUT2D eigenvalue weighted by Crippen LogP contribution is -2.41. The Morgan fingerprint density at radius 3 is 2.48 bits per heavy atom. The van der Waals surface area contributed by atoms with E-state index in [1.54, 1.807) is 0 Å². The summed E-state index contributed by atoms with van der Waals surface area (Å²) in [5.41, 5.74) is 2.58. The van der Waals surface area contributed by atoms with Crippen LogP contribution >= 0.6 is 0 Å². The van der Waals surface area contributed by atoms with Crippen molar-refractivity contribution in [2.45, 2.75) is 26.3 Å². The maximum Gasteiger partial charge on any atom is 0.191 e. The van der Waals surface area contributed by atoms with E-state index in [1.807, 2.05) is 7.05 Å². The summed E-state index contributed by atoms with van der Waals surface area (Å²) in [6.45, 7) is 6.36.